The topological polar surface area (TPSA) is 69.7 Å². The number of hydrogen-bond donors (Lipinski definition) is 0. The van der Waals surface area contributed by atoms with Crippen LogP contribution in [0.1, 0.15) is 175 Å². The van der Waals surface area contributed by atoms with Gasteiger partial charge in [0.15, 0.2) is 5.12 Å². The predicted molar refractivity (Wildman–Crippen MR) is 189 cm³/mol. The highest BCUT2D eigenvalue weighted by Crippen LogP contribution is 2.23. The molecule has 256 valence electrons. The molecule has 0 rings (SSSR count). The lowest BCUT2D eigenvalue weighted by Crippen LogP contribution is -2.06. The SMILES string of the molecule is CCCCCC/C=C\COC(=O)CCCCCCCC(CCCCCCCC(=O)OC/C=C\CCCCCC)CSC(C)=O. The minimum atomic E-state index is -0.0851. The molecule has 0 N–H and O–H groups in total. The van der Waals surface area contributed by atoms with E-state index in [1.165, 1.54) is 102 Å². The second kappa shape index (κ2) is 34.3. The summed E-state index contributed by atoms with van der Waals surface area (Å²) >= 11 is 1.47. The molecule has 0 aromatic heterocycles. The first-order valence-electron chi connectivity index (χ1n) is 18.2. The first-order chi connectivity index (χ1) is 21.5. The van der Waals surface area contributed by atoms with Crippen LogP contribution in [0.2, 0.25) is 0 Å². The standard InChI is InChI=1S/C38H68O5S/c1-4-6-8-10-12-20-26-32-42-37(40)30-24-18-14-16-22-28-36(34-44-35(3)39)29-23-17-15-19-25-31-38(41)43-33-27-21-13-11-9-7-5-2/h20-21,26-27,36H,4-19,22-25,28-34H2,1-3H3/b26-20-,27-21-. The zero-order valence-corrected chi connectivity index (χ0v) is 29.7. The van der Waals surface area contributed by atoms with Crippen LogP contribution in [0.15, 0.2) is 24.3 Å². The van der Waals surface area contributed by atoms with Gasteiger partial charge in [-0.2, -0.15) is 0 Å². The first-order valence-corrected chi connectivity index (χ1v) is 19.2. The van der Waals surface area contributed by atoms with E-state index < -0.39 is 0 Å². The van der Waals surface area contributed by atoms with E-state index in [4.69, 9.17) is 9.47 Å². The van der Waals surface area contributed by atoms with Crippen molar-refractivity contribution in [3.63, 3.8) is 0 Å². The summed E-state index contributed by atoms with van der Waals surface area (Å²) < 4.78 is 10.6. The molecule has 6 heteroatoms. The highest BCUT2D eigenvalue weighted by atomic mass is 32.2. The molecule has 0 fully saturated rings. The van der Waals surface area contributed by atoms with Crippen molar-refractivity contribution in [2.24, 2.45) is 5.92 Å². The van der Waals surface area contributed by atoms with E-state index in [0.717, 1.165) is 57.1 Å². The van der Waals surface area contributed by atoms with E-state index in [9.17, 15) is 14.4 Å². The maximum absolute atomic E-state index is 11.9. The normalized spacial score (nSPS) is 11.6. The van der Waals surface area contributed by atoms with Crippen molar-refractivity contribution in [2.45, 2.75) is 175 Å². The second-order valence-electron chi connectivity index (χ2n) is 12.3. The van der Waals surface area contributed by atoms with Gasteiger partial charge >= 0.3 is 11.9 Å². The Kier molecular flexibility index (Phi) is 33.1. The van der Waals surface area contributed by atoms with E-state index in [2.05, 4.69) is 26.0 Å². The molecule has 0 aromatic rings. The third kappa shape index (κ3) is 33.3. The van der Waals surface area contributed by atoms with Crippen LogP contribution in [-0.2, 0) is 23.9 Å². The lowest BCUT2D eigenvalue weighted by Gasteiger charge is -2.16. The monoisotopic (exact) mass is 636 g/mol. The van der Waals surface area contributed by atoms with Gasteiger partial charge in [-0.05, 0) is 57.3 Å². The molecule has 0 unspecified atom stereocenters. The third-order valence-electron chi connectivity index (χ3n) is 7.97. The predicted octanol–water partition coefficient (Wildman–Crippen LogP) is 11.5. The Hall–Kier alpha value is -1.56. The highest BCUT2D eigenvalue weighted by Gasteiger charge is 2.11. The van der Waals surface area contributed by atoms with Gasteiger partial charge in [0.25, 0.3) is 0 Å². The summed E-state index contributed by atoms with van der Waals surface area (Å²) in [6, 6.07) is 0. The zero-order valence-electron chi connectivity index (χ0n) is 28.9. The molecule has 0 saturated carbocycles. The number of thioether (sulfide) groups is 1. The summed E-state index contributed by atoms with van der Waals surface area (Å²) in [5, 5.41) is 0.207. The number of allylic oxidation sites excluding steroid dienone is 2. The van der Waals surface area contributed by atoms with Crippen LogP contribution in [0, 0.1) is 5.92 Å². The summed E-state index contributed by atoms with van der Waals surface area (Å²) in [5.41, 5.74) is 0. The molecule has 0 aromatic carbocycles. The summed E-state index contributed by atoms with van der Waals surface area (Å²) in [5.74, 6) is 1.34. The Bertz CT molecular complexity index is 681. The van der Waals surface area contributed by atoms with Crippen molar-refractivity contribution in [2.75, 3.05) is 19.0 Å². The Morgan fingerprint density at radius 2 is 0.955 bits per heavy atom. The number of hydrogen-bond acceptors (Lipinski definition) is 6. The molecule has 0 spiro atoms. The van der Waals surface area contributed by atoms with E-state index >= 15 is 0 Å². The van der Waals surface area contributed by atoms with Crippen molar-refractivity contribution >= 4 is 28.8 Å². The second-order valence-corrected chi connectivity index (χ2v) is 13.5. The van der Waals surface area contributed by atoms with Gasteiger partial charge in [0, 0.05) is 25.5 Å². The van der Waals surface area contributed by atoms with E-state index in [1.54, 1.807) is 6.92 Å². The van der Waals surface area contributed by atoms with Crippen LogP contribution >= 0.6 is 11.8 Å². The number of ether oxygens (including phenoxy) is 2. The Balaban J connectivity index is 3.81. The zero-order chi connectivity index (χ0) is 32.4. The van der Waals surface area contributed by atoms with Crippen LogP contribution < -0.4 is 0 Å². The summed E-state index contributed by atoms with van der Waals surface area (Å²) in [7, 11) is 0. The number of esters is 2. The maximum atomic E-state index is 11.9. The third-order valence-corrected chi connectivity index (χ3v) is 9.02. The molecule has 0 atom stereocenters. The molecule has 0 saturated heterocycles. The van der Waals surface area contributed by atoms with Gasteiger partial charge in [-0.3, -0.25) is 14.4 Å². The van der Waals surface area contributed by atoms with Crippen LogP contribution in [0.5, 0.6) is 0 Å². The average molecular weight is 637 g/mol. The molecule has 0 aliphatic rings. The van der Waals surface area contributed by atoms with Gasteiger partial charge in [-0.25, -0.2) is 0 Å². The van der Waals surface area contributed by atoms with Crippen LogP contribution in [0.3, 0.4) is 0 Å². The van der Waals surface area contributed by atoms with E-state index in [-0.39, 0.29) is 17.1 Å². The molecule has 44 heavy (non-hydrogen) atoms. The molecule has 0 heterocycles. The van der Waals surface area contributed by atoms with Gasteiger partial charge in [0.2, 0.25) is 0 Å². The van der Waals surface area contributed by atoms with Gasteiger partial charge < -0.3 is 9.47 Å². The lowest BCUT2D eigenvalue weighted by atomic mass is 9.95. The molecule has 0 radical (unpaired) electrons. The number of rotatable bonds is 32. The summed E-state index contributed by atoms with van der Waals surface area (Å²) in [6.45, 7) is 6.90. The highest BCUT2D eigenvalue weighted by molar-refractivity contribution is 8.13. The van der Waals surface area contributed by atoms with Crippen molar-refractivity contribution in [1.82, 2.24) is 0 Å². The maximum Gasteiger partial charge on any atom is 0.306 e. The quantitative estimate of drug-likeness (QED) is 0.0416. The minimum Gasteiger partial charge on any atom is -0.461 e. The number of carbonyl (C=O) groups excluding carboxylic acids is 3. The van der Waals surface area contributed by atoms with Gasteiger partial charge in [0.1, 0.15) is 13.2 Å². The fourth-order valence-corrected chi connectivity index (χ4v) is 5.99. The largest absolute Gasteiger partial charge is 0.461 e. The Labute approximate surface area is 276 Å². The summed E-state index contributed by atoms with van der Waals surface area (Å²) in [4.78, 5) is 35.4. The van der Waals surface area contributed by atoms with Crippen molar-refractivity contribution in [3.8, 4) is 0 Å². The molecular weight excluding hydrogens is 568 g/mol. The fourth-order valence-electron chi connectivity index (χ4n) is 5.19. The molecular formula is C38H68O5S. The molecule has 0 bridgehead atoms. The first kappa shape index (κ1) is 42.4. The minimum absolute atomic E-state index is 0.0851. The smallest absolute Gasteiger partial charge is 0.306 e. The number of unbranched alkanes of at least 4 members (excludes halogenated alkanes) is 16. The van der Waals surface area contributed by atoms with Crippen LogP contribution in [0.4, 0.5) is 0 Å². The van der Waals surface area contributed by atoms with Gasteiger partial charge in [-0.1, -0.05) is 140 Å². The Morgan fingerprint density at radius 3 is 1.39 bits per heavy atom. The summed E-state index contributed by atoms with van der Waals surface area (Å²) in [6.07, 6.45) is 34.8. The van der Waals surface area contributed by atoms with Crippen molar-refractivity contribution in [3.05, 3.63) is 24.3 Å². The molecule has 5 nitrogen and oxygen atoms in total. The molecule has 0 aliphatic heterocycles. The lowest BCUT2D eigenvalue weighted by molar-refractivity contribution is -0.143. The number of carbonyl (C=O) groups is 3. The van der Waals surface area contributed by atoms with Crippen molar-refractivity contribution in [1.29, 1.82) is 0 Å². The Morgan fingerprint density at radius 1 is 0.545 bits per heavy atom. The molecule has 0 aliphatic carbocycles. The van der Waals surface area contributed by atoms with Crippen LogP contribution in [-0.4, -0.2) is 36.0 Å². The fraction of sp³-hybridized carbons (Fsp3) is 0.816. The van der Waals surface area contributed by atoms with E-state index in [0.29, 0.717) is 32.0 Å². The van der Waals surface area contributed by atoms with Gasteiger partial charge in [0.05, 0.1) is 0 Å². The van der Waals surface area contributed by atoms with Gasteiger partial charge in [-0.15, -0.1) is 0 Å². The van der Waals surface area contributed by atoms with E-state index in [1.807, 2.05) is 12.2 Å². The molecule has 0 amide bonds. The van der Waals surface area contributed by atoms with Crippen molar-refractivity contribution < 1.29 is 23.9 Å². The average Bonchev–Trinajstić information content (AvgIpc) is 3.00. The van der Waals surface area contributed by atoms with Crippen LogP contribution in [0.25, 0.3) is 0 Å².